The Morgan fingerprint density at radius 2 is 2.00 bits per heavy atom. The van der Waals surface area contributed by atoms with Crippen LogP contribution in [0.25, 0.3) is 0 Å². The average molecular weight is 348 g/mol. The summed E-state index contributed by atoms with van der Waals surface area (Å²) in [7, 11) is 0. The number of nitrogens with zero attached hydrogens (tertiary/aromatic N) is 1. The van der Waals surface area contributed by atoms with Crippen LogP contribution in [0.3, 0.4) is 0 Å². The molecule has 1 aromatic carbocycles. The van der Waals surface area contributed by atoms with Gasteiger partial charge in [-0.1, -0.05) is 29.3 Å². The van der Waals surface area contributed by atoms with Crippen molar-refractivity contribution in [3.63, 3.8) is 0 Å². The monoisotopic (exact) mass is 346 g/mol. The molecule has 0 unspecified atom stereocenters. The summed E-state index contributed by atoms with van der Waals surface area (Å²) < 4.78 is 6.23. The predicted molar refractivity (Wildman–Crippen MR) is 77.1 cm³/mol. The van der Waals surface area contributed by atoms with Gasteiger partial charge in [0.15, 0.2) is 11.6 Å². The number of benzene rings is 1. The van der Waals surface area contributed by atoms with E-state index in [4.69, 9.17) is 33.7 Å². The molecule has 1 aromatic heterocycles. The molecule has 0 aliphatic heterocycles. The van der Waals surface area contributed by atoms with Crippen molar-refractivity contribution in [1.82, 2.24) is 4.98 Å². The molecule has 0 bridgehead atoms. The number of hydrogen-bond donors (Lipinski definition) is 1. The third-order valence-corrected chi connectivity index (χ3v) is 3.28. The highest BCUT2D eigenvalue weighted by Gasteiger charge is 2.05. The van der Waals surface area contributed by atoms with Crippen molar-refractivity contribution < 1.29 is 4.74 Å². The van der Waals surface area contributed by atoms with Gasteiger partial charge in [0.2, 0.25) is 0 Å². The molecule has 0 aliphatic carbocycles. The fourth-order valence-electron chi connectivity index (χ4n) is 1.35. The Hall–Kier alpha value is -0.970. The first-order valence-corrected chi connectivity index (χ1v) is 6.60. The van der Waals surface area contributed by atoms with Gasteiger partial charge in [0, 0.05) is 15.6 Å². The Morgan fingerprint density at radius 1 is 1.22 bits per heavy atom. The maximum absolute atomic E-state index is 6.04. The zero-order valence-corrected chi connectivity index (χ0v) is 12.3. The first-order valence-electron chi connectivity index (χ1n) is 5.05. The highest BCUT2D eigenvalue weighted by molar-refractivity contribution is 9.10. The van der Waals surface area contributed by atoms with Crippen LogP contribution in [0.2, 0.25) is 10.0 Å². The maximum Gasteiger partial charge on any atom is 0.167 e. The van der Waals surface area contributed by atoms with Gasteiger partial charge < -0.3 is 10.5 Å². The smallest absolute Gasteiger partial charge is 0.167 e. The minimum atomic E-state index is 0.309. The molecular weight excluding hydrogens is 339 g/mol. The molecule has 0 radical (unpaired) electrons. The van der Waals surface area contributed by atoms with Crippen LogP contribution in [0, 0.1) is 0 Å². The number of hydrogen-bond acceptors (Lipinski definition) is 3. The van der Waals surface area contributed by atoms with Crippen molar-refractivity contribution in [1.29, 1.82) is 0 Å². The lowest BCUT2D eigenvalue weighted by Crippen LogP contribution is -2.01. The number of anilines is 1. The topological polar surface area (TPSA) is 48.1 Å². The van der Waals surface area contributed by atoms with Crippen molar-refractivity contribution in [2.24, 2.45) is 0 Å². The van der Waals surface area contributed by atoms with Gasteiger partial charge in [-0.05, 0) is 40.2 Å². The highest BCUT2D eigenvalue weighted by Crippen LogP contribution is 2.25. The molecule has 0 saturated carbocycles. The number of pyridine rings is 1. The molecule has 2 aromatic rings. The lowest BCUT2D eigenvalue weighted by atomic mass is 10.2. The molecule has 0 amide bonds. The minimum absolute atomic E-state index is 0.309. The summed E-state index contributed by atoms with van der Waals surface area (Å²) in [4.78, 5) is 4.04. The second-order valence-corrected chi connectivity index (χ2v) is 5.20. The third kappa shape index (κ3) is 3.28. The molecule has 0 saturated heterocycles. The second kappa shape index (κ2) is 5.78. The molecule has 1 heterocycles. The van der Waals surface area contributed by atoms with Crippen molar-refractivity contribution in [3.05, 3.63) is 50.5 Å². The van der Waals surface area contributed by atoms with Crippen molar-refractivity contribution in [2.75, 3.05) is 5.73 Å². The summed E-state index contributed by atoms with van der Waals surface area (Å²) >= 11 is 15.1. The average Bonchev–Trinajstić information content (AvgIpc) is 2.30. The van der Waals surface area contributed by atoms with Crippen LogP contribution in [0.5, 0.6) is 5.75 Å². The van der Waals surface area contributed by atoms with E-state index in [1.54, 1.807) is 24.3 Å². The van der Waals surface area contributed by atoms with Crippen LogP contribution >= 0.6 is 39.1 Å². The molecule has 2 rings (SSSR count). The summed E-state index contributed by atoms with van der Waals surface area (Å²) in [5.74, 6) is 0.846. The van der Waals surface area contributed by atoms with Crippen LogP contribution in [0.1, 0.15) is 5.56 Å². The molecule has 94 valence electrons. The Kier molecular flexibility index (Phi) is 4.32. The number of ether oxygens (including phenoxy) is 1. The number of rotatable bonds is 3. The van der Waals surface area contributed by atoms with E-state index in [0.717, 1.165) is 5.56 Å². The van der Waals surface area contributed by atoms with Crippen molar-refractivity contribution in [2.45, 2.75) is 6.61 Å². The first-order chi connectivity index (χ1) is 8.56. The molecule has 0 atom stereocenters. The SMILES string of the molecule is Nc1nc(Br)ccc1OCc1ccc(Cl)cc1Cl. The van der Waals surface area contributed by atoms with Crippen molar-refractivity contribution >= 4 is 44.9 Å². The number of nitrogens with two attached hydrogens (primary N) is 1. The summed E-state index contributed by atoms with van der Waals surface area (Å²) in [5, 5.41) is 1.15. The highest BCUT2D eigenvalue weighted by atomic mass is 79.9. The van der Waals surface area contributed by atoms with Gasteiger partial charge in [-0.15, -0.1) is 0 Å². The van der Waals surface area contributed by atoms with Gasteiger partial charge in [-0.25, -0.2) is 4.98 Å². The van der Waals surface area contributed by atoms with E-state index < -0.39 is 0 Å². The molecule has 3 nitrogen and oxygen atoms in total. The summed E-state index contributed by atoms with van der Waals surface area (Å²) in [5.41, 5.74) is 6.56. The van der Waals surface area contributed by atoms with E-state index in [-0.39, 0.29) is 0 Å². The summed E-state index contributed by atoms with van der Waals surface area (Å²) in [6.45, 7) is 0.309. The Balaban J connectivity index is 2.11. The molecular formula is C12H9BrCl2N2O. The predicted octanol–water partition coefficient (Wildman–Crippen LogP) is 4.31. The van der Waals surface area contributed by atoms with E-state index in [1.807, 2.05) is 6.07 Å². The number of aromatic nitrogens is 1. The molecule has 2 N–H and O–H groups in total. The Bertz CT molecular complexity index is 526. The molecule has 0 fully saturated rings. The van der Waals surface area contributed by atoms with Gasteiger partial charge in [0.05, 0.1) is 0 Å². The normalized spacial score (nSPS) is 10.4. The van der Waals surface area contributed by atoms with Crippen LogP contribution in [-0.2, 0) is 6.61 Å². The van der Waals surface area contributed by atoms with Crippen LogP contribution in [0.15, 0.2) is 34.9 Å². The number of nitrogen functional groups attached to an aromatic ring is 1. The lowest BCUT2D eigenvalue weighted by Gasteiger charge is -2.09. The summed E-state index contributed by atoms with van der Waals surface area (Å²) in [6.07, 6.45) is 0. The van der Waals surface area contributed by atoms with E-state index in [2.05, 4.69) is 20.9 Å². The minimum Gasteiger partial charge on any atom is -0.485 e. The molecule has 18 heavy (non-hydrogen) atoms. The fourth-order valence-corrected chi connectivity index (χ4v) is 2.14. The van der Waals surface area contributed by atoms with Crippen LogP contribution in [0.4, 0.5) is 5.82 Å². The molecule has 0 spiro atoms. The summed E-state index contributed by atoms with van der Waals surface area (Å²) in [6, 6.07) is 8.75. The first kappa shape index (κ1) is 13.5. The van der Waals surface area contributed by atoms with E-state index in [9.17, 15) is 0 Å². The Labute approximate surface area is 123 Å². The van der Waals surface area contributed by atoms with Gasteiger partial charge in [-0.2, -0.15) is 0 Å². The van der Waals surface area contributed by atoms with Gasteiger partial charge in [0.25, 0.3) is 0 Å². The van der Waals surface area contributed by atoms with Crippen LogP contribution < -0.4 is 10.5 Å². The number of halogens is 3. The largest absolute Gasteiger partial charge is 0.485 e. The van der Waals surface area contributed by atoms with E-state index in [0.29, 0.717) is 32.8 Å². The third-order valence-electron chi connectivity index (χ3n) is 2.25. The van der Waals surface area contributed by atoms with Gasteiger partial charge in [-0.3, -0.25) is 0 Å². The maximum atomic E-state index is 6.04. The van der Waals surface area contributed by atoms with Gasteiger partial charge >= 0.3 is 0 Å². The zero-order chi connectivity index (χ0) is 13.1. The molecule has 6 heteroatoms. The fraction of sp³-hybridized carbons (Fsp3) is 0.0833. The van der Waals surface area contributed by atoms with Gasteiger partial charge in [0.1, 0.15) is 11.2 Å². The second-order valence-electron chi connectivity index (χ2n) is 3.54. The molecule has 0 aliphatic rings. The van der Waals surface area contributed by atoms with E-state index >= 15 is 0 Å². The Morgan fingerprint density at radius 3 is 2.67 bits per heavy atom. The quantitative estimate of drug-likeness (QED) is 0.841. The van der Waals surface area contributed by atoms with Crippen molar-refractivity contribution in [3.8, 4) is 5.75 Å². The lowest BCUT2D eigenvalue weighted by molar-refractivity contribution is 0.307. The zero-order valence-electron chi connectivity index (χ0n) is 9.16. The van der Waals surface area contributed by atoms with E-state index in [1.165, 1.54) is 0 Å². The standard InChI is InChI=1S/C12H9BrCl2N2O/c13-11-4-3-10(12(16)17-11)18-6-7-1-2-8(14)5-9(7)15/h1-5H,6H2,(H2,16,17). The van der Waals surface area contributed by atoms with Crippen LogP contribution in [-0.4, -0.2) is 4.98 Å².